The molecule has 3 aromatic rings. The van der Waals surface area contributed by atoms with Crippen LogP contribution in [-0.2, 0) is 4.74 Å². The predicted octanol–water partition coefficient (Wildman–Crippen LogP) is 2.89. The maximum absolute atomic E-state index is 12.1. The van der Waals surface area contributed by atoms with E-state index in [2.05, 4.69) is 4.98 Å². The van der Waals surface area contributed by atoms with Crippen molar-refractivity contribution in [2.24, 2.45) is 0 Å². The van der Waals surface area contributed by atoms with Gasteiger partial charge in [-0.1, -0.05) is 6.07 Å². The molecule has 0 unspecified atom stereocenters. The van der Waals surface area contributed by atoms with Crippen LogP contribution in [0.25, 0.3) is 5.65 Å². The fourth-order valence-corrected chi connectivity index (χ4v) is 2.29. The van der Waals surface area contributed by atoms with Crippen molar-refractivity contribution in [1.82, 2.24) is 9.38 Å². The Bertz CT molecular complexity index is 840. The minimum Gasteiger partial charge on any atom is -0.497 e. The molecule has 2 aromatic heterocycles. The zero-order valence-electron chi connectivity index (χ0n) is 13.6. The number of ether oxygens (including phenoxy) is 3. The molecular weight excluding hydrogens is 308 g/mol. The first-order valence-electron chi connectivity index (χ1n) is 7.56. The van der Waals surface area contributed by atoms with E-state index < -0.39 is 5.97 Å². The van der Waals surface area contributed by atoms with Crippen molar-refractivity contribution in [2.45, 2.75) is 6.92 Å². The van der Waals surface area contributed by atoms with E-state index >= 15 is 0 Å². The van der Waals surface area contributed by atoms with Crippen molar-refractivity contribution in [3.63, 3.8) is 0 Å². The summed E-state index contributed by atoms with van der Waals surface area (Å²) in [5.74, 6) is 0.988. The largest absolute Gasteiger partial charge is 0.497 e. The number of rotatable bonds is 6. The summed E-state index contributed by atoms with van der Waals surface area (Å²) in [6, 6.07) is 12.9. The van der Waals surface area contributed by atoms with E-state index in [9.17, 15) is 4.79 Å². The van der Waals surface area contributed by atoms with Gasteiger partial charge in [-0.2, -0.15) is 0 Å². The third kappa shape index (κ3) is 3.48. The monoisotopic (exact) mass is 326 g/mol. The molecule has 0 amide bonds. The van der Waals surface area contributed by atoms with Gasteiger partial charge in [0.2, 0.25) is 0 Å². The highest BCUT2D eigenvalue weighted by Gasteiger charge is 2.12. The highest BCUT2D eigenvalue weighted by Crippen LogP contribution is 2.16. The summed E-state index contributed by atoms with van der Waals surface area (Å²) in [7, 11) is 1.61. The van der Waals surface area contributed by atoms with Gasteiger partial charge in [0.05, 0.1) is 7.11 Å². The Balaban J connectivity index is 1.52. The molecule has 0 saturated heterocycles. The van der Waals surface area contributed by atoms with Crippen LogP contribution in [0, 0.1) is 6.92 Å². The summed E-state index contributed by atoms with van der Waals surface area (Å²) in [6.45, 7) is 2.37. The molecule has 0 spiro atoms. The minimum atomic E-state index is -0.462. The van der Waals surface area contributed by atoms with Gasteiger partial charge in [0.25, 0.3) is 0 Å². The van der Waals surface area contributed by atoms with Crippen LogP contribution in [0.5, 0.6) is 11.5 Å². The number of carbonyl (C=O) groups excluding carboxylic acids is 1. The number of hydrogen-bond acceptors (Lipinski definition) is 5. The SMILES string of the molecule is COc1ccc(OCCOC(=O)c2cn3c(C)cccc3n2)cc1. The number of carbonyl (C=O) groups is 1. The summed E-state index contributed by atoms with van der Waals surface area (Å²) >= 11 is 0. The standard InChI is InChI=1S/C18H18N2O4/c1-13-4-3-5-17-19-16(12-20(13)17)18(21)24-11-10-23-15-8-6-14(22-2)7-9-15/h3-9,12H,10-11H2,1-2H3. The van der Waals surface area contributed by atoms with Gasteiger partial charge in [-0.15, -0.1) is 0 Å². The van der Waals surface area contributed by atoms with E-state index in [0.29, 0.717) is 5.75 Å². The fourth-order valence-electron chi connectivity index (χ4n) is 2.29. The highest BCUT2D eigenvalue weighted by atomic mass is 16.6. The van der Waals surface area contributed by atoms with Gasteiger partial charge in [0, 0.05) is 11.9 Å². The quantitative estimate of drug-likeness (QED) is 0.515. The zero-order chi connectivity index (χ0) is 16.9. The molecule has 0 fully saturated rings. The molecule has 24 heavy (non-hydrogen) atoms. The van der Waals surface area contributed by atoms with Crippen LogP contribution in [0.15, 0.2) is 48.7 Å². The lowest BCUT2D eigenvalue weighted by Gasteiger charge is -2.07. The maximum atomic E-state index is 12.1. The van der Waals surface area contributed by atoms with Gasteiger partial charge in [-0.05, 0) is 43.3 Å². The molecule has 0 atom stereocenters. The second-order valence-corrected chi connectivity index (χ2v) is 5.18. The molecule has 3 rings (SSSR count). The van der Waals surface area contributed by atoms with E-state index in [0.717, 1.165) is 17.1 Å². The second kappa shape index (κ2) is 7.04. The van der Waals surface area contributed by atoms with Crippen molar-refractivity contribution in [3.8, 4) is 11.5 Å². The van der Waals surface area contributed by atoms with Crippen molar-refractivity contribution in [2.75, 3.05) is 20.3 Å². The van der Waals surface area contributed by atoms with Gasteiger partial charge in [-0.25, -0.2) is 9.78 Å². The summed E-state index contributed by atoms with van der Waals surface area (Å²) in [5, 5.41) is 0. The normalized spacial score (nSPS) is 10.6. The molecule has 6 heteroatoms. The summed E-state index contributed by atoms with van der Waals surface area (Å²) < 4.78 is 17.6. The highest BCUT2D eigenvalue weighted by molar-refractivity contribution is 5.88. The average molecular weight is 326 g/mol. The van der Waals surface area contributed by atoms with Gasteiger partial charge in [0.15, 0.2) is 5.69 Å². The van der Waals surface area contributed by atoms with Crippen molar-refractivity contribution >= 4 is 11.6 Å². The number of hydrogen-bond donors (Lipinski definition) is 0. The van der Waals surface area contributed by atoms with Gasteiger partial charge >= 0.3 is 5.97 Å². The molecule has 0 aliphatic carbocycles. The van der Waals surface area contributed by atoms with Gasteiger partial charge in [-0.3, -0.25) is 0 Å². The van der Waals surface area contributed by atoms with Crippen LogP contribution >= 0.6 is 0 Å². The Labute approximate surface area is 139 Å². The van der Waals surface area contributed by atoms with E-state index in [1.807, 2.05) is 29.5 Å². The summed E-state index contributed by atoms with van der Waals surface area (Å²) in [4.78, 5) is 16.3. The predicted molar refractivity (Wildman–Crippen MR) is 88.7 cm³/mol. The number of aromatic nitrogens is 2. The Kier molecular flexibility index (Phi) is 4.65. The number of benzene rings is 1. The maximum Gasteiger partial charge on any atom is 0.358 e. The summed E-state index contributed by atoms with van der Waals surface area (Å²) in [5.41, 5.74) is 2.01. The number of esters is 1. The number of nitrogens with zero attached hydrogens (tertiary/aromatic N) is 2. The second-order valence-electron chi connectivity index (χ2n) is 5.18. The van der Waals surface area contributed by atoms with Crippen LogP contribution in [0.3, 0.4) is 0 Å². The average Bonchev–Trinajstić information content (AvgIpc) is 3.05. The number of pyridine rings is 1. The molecule has 2 heterocycles. The van der Waals surface area contributed by atoms with Crippen LogP contribution in [0.4, 0.5) is 0 Å². The molecule has 0 aliphatic rings. The first-order chi connectivity index (χ1) is 11.7. The van der Waals surface area contributed by atoms with Gasteiger partial charge in [0.1, 0.15) is 30.4 Å². The Hall–Kier alpha value is -3.02. The Morgan fingerprint density at radius 2 is 1.83 bits per heavy atom. The fraction of sp³-hybridized carbons (Fsp3) is 0.222. The molecule has 6 nitrogen and oxygen atoms in total. The summed E-state index contributed by atoms with van der Waals surface area (Å²) in [6.07, 6.45) is 1.68. The number of fused-ring (bicyclic) bond motifs is 1. The molecule has 0 N–H and O–H groups in total. The molecule has 0 aliphatic heterocycles. The van der Waals surface area contributed by atoms with E-state index in [4.69, 9.17) is 14.2 Å². The molecular formula is C18H18N2O4. The van der Waals surface area contributed by atoms with Crippen LogP contribution < -0.4 is 9.47 Å². The lowest BCUT2D eigenvalue weighted by Crippen LogP contribution is -2.12. The first kappa shape index (κ1) is 15.9. The molecule has 0 radical (unpaired) electrons. The van der Waals surface area contributed by atoms with Crippen molar-refractivity contribution in [1.29, 1.82) is 0 Å². The lowest BCUT2D eigenvalue weighted by molar-refractivity contribution is 0.0444. The van der Waals surface area contributed by atoms with Crippen LogP contribution in [0.1, 0.15) is 16.2 Å². The number of methoxy groups -OCH3 is 1. The molecule has 124 valence electrons. The van der Waals surface area contributed by atoms with Gasteiger partial charge < -0.3 is 18.6 Å². The molecule has 0 saturated carbocycles. The Morgan fingerprint density at radius 3 is 2.54 bits per heavy atom. The smallest absolute Gasteiger partial charge is 0.358 e. The third-order valence-electron chi connectivity index (χ3n) is 3.55. The zero-order valence-corrected chi connectivity index (χ0v) is 13.6. The lowest BCUT2D eigenvalue weighted by atomic mass is 10.3. The molecule has 1 aromatic carbocycles. The van der Waals surface area contributed by atoms with Crippen molar-refractivity contribution in [3.05, 3.63) is 60.0 Å². The number of imidazole rings is 1. The number of aryl methyl sites for hydroxylation is 1. The first-order valence-corrected chi connectivity index (χ1v) is 7.56. The third-order valence-corrected chi connectivity index (χ3v) is 3.55. The van der Waals surface area contributed by atoms with E-state index in [1.54, 1.807) is 37.6 Å². The van der Waals surface area contributed by atoms with Crippen molar-refractivity contribution < 1.29 is 19.0 Å². The van der Waals surface area contributed by atoms with E-state index in [-0.39, 0.29) is 18.9 Å². The molecule has 0 bridgehead atoms. The Morgan fingerprint density at radius 1 is 1.08 bits per heavy atom. The van der Waals surface area contributed by atoms with E-state index in [1.165, 1.54) is 0 Å². The van der Waals surface area contributed by atoms with Crippen LogP contribution in [0.2, 0.25) is 0 Å². The minimum absolute atomic E-state index is 0.151. The van der Waals surface area contributed by atoms with Crippen LogP contribution in [-0.4, -0.2) is 35.7 Å². The topological polar surface area (TPSA) is 62.1 Å².